The molecule has 2 saturated heterocycles. The number of benzene rings is 1. The van der Waals surface area contributed by atoms with Gasteiger partial charge in [0, 0.05) is 61.2 Å². The second kappa shape index (κ2) is 7.95. The summed E-state index contributed by atoms with van der Waals surface area (Å²) in [5.41, 5.74) is 2.52. The highest BCUT2D eigenvalue weighted by atomic mass is 35.5. The molecule has 2 aromatic rings. The van der Waals surface area contributed by atoms with E-state index in [0.29, 0.717) is 12.0 Å². The van der Waals surface area contributed by atoms with Crippen molar-refractivity contribution in [2.24, 2.45) is 5.92 Å². The molecule has 4 rings (SSSR count). The van der Waals surface area contributed by atoms with Crippen molar-refractivity contribution in [1.29, 1.82) is 0 Å². The van der Waals surface area contributed by atoms with Gasteiger partial charge in [-0.25, -0.2) is 0 Å². The molecule has 0 spiro atoms. The Kier molecular flexibility index (Phi) is 5.44. The van der Waals surface area contributed by atoms with Gasteiger partial charge in [0.05, 0.1) is 6.10 Å². The molecular formula is C21H26ClN3O. The van der Waals surface area contributed by atoms with Gasteiger partial charge in [-0.05, 0) is 61.2 Å². The average molecular weight is 372 g/mol. The number of halogens is 1. The van der Waals surface area contributed by atoms with Gasteiger partial charge in [0.15, 0.2) is 0 Å². The van der Waals surface area contributed by atoms with Crippen molar-refractivity contribution in [1.82, 2.24) is 9.88 Å². The zero-order valence-electron chi connectivity index (χ0n) is 15.0. The van der Waals surface area contributed by atoms with Gasteiger partial charge < -0.3 is 10.0 Å². The molecule has 3 heterocycles. The Bertz CT molecular complexity index is 701. The molecule has 0 amide bonds. The van der Waals surface area contributed by atoms with Gasteiger partial charge in [-0.15, -0.1) is 0 Å². The molecule has 2 fully saturated rings. The number of hydrogen-bond acceptors (Lipinski definition) is 4. The second-order valence-corrected chi connectivity index (χ2v) is 7.97. The Balaban J connectivity index is 1.31. The summed E-state index contributed by atoms with van der Waals surface area (Å²) in [5, 5.41) is 11.3. The lowest BCUT2D eigenvalue weighted by atomic mass is 9.97. The molecule has 138 valence electrons. The SMILES string of the molecule is O[C@@H]1CN(C2CCN(c3ccc(Cl)cc3)CC2)C[C@H]1Cc1ccncc1. The third-order valence-electron chi connectivity index (χ3n) is 5.85. The zero-order valence-corrected chi connectivity index (χ0v) is 15.7. The summed E-state index contributed by atoms with van der Waals surface area (Å²) < 4.78 is 0. The van der Waals surface area contributed by atoms with Crippen molar-refractivity contribution in [3.8, 4) is 0 Å². The highest BCUT2D eigenvalue weighted by molar-refractivity contribution is 6.30. The molecule has 1 aromatic carbocycles. The maximum absolute atomic E-state index is 10.5. The molecule has 2 aliphatic rings. The van der Waals surface area contributed by atoms with E-state index in [0.717, 1.165) is 50.5 Å². The van der Waals surface area contributed by atoms with E-state index in [1.165, 1.54) is 11.3 Å². The Morgan fingerprint density at radius 2 is 1.69 bits per heavy atom. The summed E-state index contributed by atoms with van der Waals surface area (Å²) in [7, 11) is 0. The zero-order chi connectivity index (χ0) is 17.9. The maximum Gasteiger partial charge on any atom is 0.0710 e. The molecule has 0 radical (unpaired) electrons. The summed E-state index contributed by atoms with van der Waals surface area (Å²) >= 11 is 5.99. The minimum Gasteiger partial charge on any atom is -0.391 e. The average Bonchev–Trinajstić information content (AvgIpc) is 3.04. The Hall–Kier alpha value is -1.62. The lowest BCUT2D eigenvalue weighted by molar-refractivity contribution is 0.132. The molecule has 26 heavy (non-hydrogen) atoms. The molecule has 5 heteroatoms. The largest absolute Gasteiger partial charge is 0.391 e. The second-order valence-electron chi connectivity index (χ2n) is 7.54. The maximum atomic E-state index is 10.5. The summed E-state index contributed by atoms with van der Waals surface area (Å²) in [4.78, 5) is 9.03. The predicted octanol–water partition coefficient (Wildman–Crippen LogP) is 3.24. The van der Waals surface area contributed by atoms with Gasteiger partial charge in [-0.3, -0.25) is 9.88 Å². The van der Waals surface area contributed by atoms with E-state index < -0.39 is 0 Å². The lowest BCUT2D eigenvalue weighted by Crippen LogP contribution is -2.44. The first-order chi connectivity index (χ1) is 12.7. The van der Waals surface area contributed by atoms with Crippen LogP contribution in [0, 0.1) is 5.92 Å². The fourth-order valence-electron chi connectivity index (χ4n) is 4.35. The summed E-state index contributed by atoms with van der Waals surface area (Å²) in [6, 6.07) is 12.8. The number of anilines is 1. The van der Waals surface area contributed by atoms with Gasteiger partial charge in [-0.2, -0.15) is 0 Å². The first-order valence-electron chi connectivity index (χ1n) is 9.50. The molecule has 0 aliphatic carbocycles. The van der Waals surface area contributed by atoms with Crippen LogP contribution in [0.1, 0.15) is 18.4 Å². The van der Waals surface area contributed by atoms with Crippen molar-refractivity contribution < 1.29 is 5.11 Å². The smallest absolute Gasteiger partial charge is 0.0710 e. The molecule has 2 aliphatic heterocycles. The van der Waals surface area contributed by atoms with Crippen LogP contribution in [0.25, 0.3) is 0 Å². The summed E-state index contributed by atoms with van der Waals surface area (Å²) in [6.45, 7) is 3.93. The molecule has 0 bridgehead atoms. The fourth-order valence-corrected chi connectivity index (χ4v) is 4.47. The van der Waals surface area contributed by atoms with E-state index in [9.17, 15) is 5.11 Å². The van der Waals surface area contributed by atoms with Crippen LogP contribution >= 0.6 is 11.6 Å². The van der Waals surface area contributed by atoms with Crippen LogP contribution in [0.15, 0.2) is 48.8 Å². The van der Waals surface area contributed by atoms with Gasteiger partial charge in [0.25, 0.3) is 0 Å². The molecule has 4 nitrogen and oxygen atoms in total. The standard InChI is InChI=1S/C21H26ClN3O/c22-18-1-3-19(4-2-18)24-11-7-20(8-12-24)25-14-17(21(26)15-25)13-16-5-9-23-10-6-16/h1-6,9-10,17,20-21,26H,7-8,11-15H2/t17-,21-/m1/s1. The van der Waals surface area contributed by atoms with Crippen molar-refractivity contribution in [2.75, 3.05) is 31.1 Å². The minimum atomic E-state index is -0.225. The van der Waals surface area contributed by atoms with E-state index in [-0.39, 0.29) is 6.10 Å². The predicted molar refractivity (Wildman–Crippen MR) is 106 cm³/mol. The summed E-state index contributed by atoms with van der Waals surface area (Å²) in [5.74, 6) is 0.326. The van der Waals surface area contributed by atoms with Gasteiger partial charge in [0.2, 0.25) is 0 Å². The van der Waals surface area contributed by atoms with Crippen molar-refractivity contribution in [2.45, 2.75) is 31.4 Å². The van der Waals surface area contributed by atoms with E-state index in [1.54, 1.807) is 0 Å². The van der Waals surface area contributed by atoms with Gasteiger partial charge >= 0.3 is 0 Å². The molecular weight excluding hydrogens is 346 g/mol. The van der Waals surface area contributed by atoms with Crippen LogP contribution in [-0.4, -0.2) is 53.3 Å². The van der Waals surface area contributed by atoms with Crippen LogP contribution in [0.4, 0.5) is 5.69 Å². The number of aliphatic hydroxyl groups is 1. The molecule has 1 aromatic heterocycles. The first kappa shape index (κ1) is 17.8. The molecule has 1 N–H and O–H groups in total. The summed E-state index contributed by atoms with van der Waals surface area (Å²) in [6.07, 6.45) is 6.68. The number of hydrogen-bond donors (Lipinski definition) is 1. The topological polar surface area (TPSA) is 39.6 Å². The van der Waals surface area contributed by atoms with E-state index in [1.807, 2.05) is 24.5 Å². The monoisotopic (exact) mass is 371 g/mol. The van der Waals surface area contributed by atoms with Crippen LogP contribution in [0.3, 0.4) is 0 Å². The van der Waals surface area contributed by atoms with Crippen molar-refractivity contribution in [3.05, 3.63) is 59.4 Å². The number of β-amino-alcohol motifs (C(OH)–C–C–N with tert-alkyl or cyclic N) is 1. The number of piperidine rings is 1. The van der Waals surface area contributed by atoms with Gasteiger partial charge in [-0.1, -0.05) is 11.6 Å². The quantitative estimate of drug-likeness (QED) is 0.895. The van der Waals surface area contributed by atoms with Crippen LogP contribution in [0.5, 0.6) is 0 Å². The van der Waals surface area contributed by atoms with Crippen molar-refractivity contribution >= 4 is 17.3 Å². The molecule has 0 saturated carbocycles. The normalized spacial score (nSPS) is 24.9. The number of likely N-dealkylation sites (tertiary alicyclic amines) is 1. The molecule has 2 atom stereocenters. The van der Waals surface area contributed by atoms with E-state index in [2.05, 4.69) is 39.0 Å². The van der Waals surface area contributed by atoms with Crippen LogP contribution in [-0.2, 0) is 6.42 Å². The Morgan fingerprint density at radius 3 is 2.38 bits per heavy atom. The van der Waals surface area contributed by atoms with Gasteiger partial charge in [0.1, 0.15) is 0 Å². The number of nitrogens with zero attached hydrogens (tertiary/aromatic N) is 3. The lowest BCUT2D eigenvalue weighted by Gasteiger charge is -2.38. The molecule has 0 unspecified atom stereocenters. The number of aliphatic hydroxyl groups excluding tert-OH is 1. The van der Waals surface area contributed by atoms with Crippen LogP contribution < -0.4 is 4.90 Å². The fraction of sp³-hybridized carbons (Fsp3) is 0.476. The third-order valence-corrected chi connectivity index (χ3v) is 6.11. The van der Waals surface area contributed by atoms with E-state index >= 15 is 0 Å². The number of rotatable bonds is 4. The Labute approximate surface area is 160 Å². The van der Waals surface area contributed by atoms with E-state index in [4.69, 9.17) is 11.6 Å². The highest BCUT2D eigenvalue weighted by Gasteiger charge is 2.36. The highest BCUT2D eigenvalue weighted by Crippen LogP contribution is 2.29. The third kappa shape index (κ3) is 4.03. The number of aromatic nitrogens is 1. The van der Waals surface area contributed by atoms with Crippen molar-refractivity contribution in [3.63, 3.8) is 0 Å². The number of pyridine rings is 1. The minimum absolute atomic E-state index is 0.225. The first-order valence-corrected chi connectivity index (χ1v) is 9.88. The Morgan fingerprint density at radius 1 is 1.00 bits per heavy atom. The van der Waals surface area contributed by atoms with Crippen LogP contribution in [0.2, 0.25) is 5.02 Å².